The number of halogens is 1. The maximum Gasteiger partial charge on any atom is 0.110 e. The zero-order chi connectivity index (χ0) is 11.6. The third kappa shape index (κ3) is 2.95. The van der Waals surface area contributed by atoms with Crippen molar-refractivity contribution in [2.24, 2.45) is 5.41 Å². The molecule has 2 rings (SSSR count). The Morgan fingerprint density at radius 1 is 1.06 bits per heavy atom. The first-order valence-electron chi connectivity index (χ1n) is 6.65. The van der Waals surface area contributed by atoms with Gasteiger partial charge in [0.05, 0.1) is 0 Å². The lowest BCUT2D eigenvalue weighted by molar-refractivity contribution is 0.0355. The van der Waals surface area contributed by atoms with Crippen molar-refractivity contribution in [2.75, 3.05) is 39.8 Å². The average Bonchev–Trinajstić information content (AvgIpc) is 2.26. The van der Waals surface area contributed by atoms with Crippen molar-refractivity contribution in [1.82, 2.24) is 9.80 Å². The largest absolute Gasteiger partial charge is 0.306 e. The molecule has 2 aliphatic heterocycles. The van der Waals surface area contributed by atoms with E-state index >= 15 is 0 Å². The molecule has 0 saturated carbocycles. The summed E-state index contributed by atoms with van der Waals surface area (Å²) in [6, 6.07) is 0. The van der Waals surface area contributed by atoms with Crippen molar-refractivity contribution < 1.29 is 4.39 Å². The molecule has 2 heterocycles. The molecule has 0 amide bonds. The third-order valence-electron chi connectivity index (χ3n) is 4.47. The molecule has 94 valence electrons. The van der Waals surface area contributed by atoms with Gasteiger partial charge in [0.15, 0.2) is 0 Å². The Morgan fingerprint density at radius 3 is 2.06 bits per heavy atom. The maximum atomic E-state index is 12.9. The lowest BCUT2D eigenvalue weighted by Crippen LogP contribution is -2.46. The van der Waals surface area contributed by atoms with Crippen LogP contribution in [0.2, 0.25) is 0 Å². The van der Waals surface area contributed by atoms with Gasteiger partial charge in [-0.3, -0.25) is 0 Å². The highest BCUT2D eigenvalue weighted by Gasteiger charge is 2.36. The summed E-state index contributed by atoms with van der Waals surface area (Å²) < 4.78 is 12.9. The van der Waals surface area contributed by atoms with Crippen LogP contribution < -0.4 is 0 Å². The highest BCUT2D eigenvalue weighted by molar-refractivity contribution is 4.90. The Hall–Kier alpha value is -0.150. The SMILES string of the molecule is CC(F)CN1CCC2(CCN(C)CC2)CC1. The third-order valence-corrected chi connectivity index (χ3v) is 4.47. The Balaban J connectivity index is 1.80. The first-order valence-corrected chi connectivity index (χ1v) is 6.65. The maximum absolute atomic E-state index is 12.9. The summed E-state index contributed by atoms with van der Waals surface area (Å²) in [6.45, 7) is 7.02. The van der Waals surface area contributed by atoms with Gasteiger partial charge in [0.1, 0.15) is 6.17 Å². The minimum Gasteiger partial charge on any atom is -0.306 e. The van der Waals surface area contributed by atoms with E-state index in [1.54, 1.807) is 6.92 Å². The van der Waals surface area contributed by atoms with Gasteiger partial charge in [0, 0.05) is 6.54 Å². The molecule has 2 fully saturated rings. The predicted octanol–water partition coefficient (Wildman–Crippen LogP) is 2.15. The van der Waals surface area contributed by atoms with Crippen molar-refractivity contribution in [3.63, 3.8) is 0 Å². The molecule has 0 N–H and O–H groups in total. The van der Waals surface area contributed by atoms with E-state index in [0.29, 0.717) is 12.0 Å². The van der Waals surface area contributed by atoms with Crippen LogP contribution in [-0.2, 0) is 0 Å². The Kier molecular flexibility index (Phi) is 3.85. The van der Waals surface area contributed by atoms with Gasteiger partial charge >= 0.3 is 0 Å². The minimum absolute atomic E-state index is 0.600. The molecule has 2 aliphatic rings. The second-order valence-electron chi connectivity index (χ2n) is 5.88. The fraction of sp³-hybridized carbons (Fsp3) is 1.00. The summed E-state index contributed by atoms with van der Waals surface area (Å²) in [5.74, 6) is 0. The molecule has 0 aromatic rings. The topological polar surface area (TPSA) is 6.48 Å². The summed E-state index contributed by atoms with van der Waals surface area (Å²) in [4.78, 5) is 4.73. The van der Waals surface area contributed by atoms with Gasteiger partial charge < -0.3 is 9.80 Å². The second-order valence-corrected chi connectivity index (χ2v) is 5.88. The number of hydrogen-bond acceptors (Lipinski definition) is 2. The van der Waals surface area contributed by atoms with E-state index in [4.69, 9.17) is 0 Å². The van der Waals surface area contributed by atoms with Crippen LogP contribution in [-0.4, -0.2) is 55.7 Å². The molecule has 0 radical (unpaired) electrons. The molecule has 16 heavy (non-hydrogen) atoms. The average molecular weight is 228 g/mol. The Bertz CT molecular complexity index is 212. The van der Waals surface area contributed by atoms with Gasteiger partial charge in [-0.1, -0.05) is 0 Å². The molecule has 0 aromatic carbocycles. The molecular weight excluding hydrogens is 203 g/mol. The van der Waals surface area contributed by atoms with Gasteiger partial charge in [0.25, 0.3) is 0 Å². The number of nitrogens with zero attached hydrogens (tertiary/aromatic N) is 2. The zero-order valence-corrected chi connectivity index (χ0v) is 10.7. The quantitative estimate of drug-likeness (QED) is 0.714. The molecule has 1 atom stereocenters. The second kappa shape index (κ2) is 5.01. The normalized spacial score (nSPS) is 29.4. The number of piperidine rings is 2. The van der Waals surface area contributed by atoms with Crippen molar-refractivity contribution in [2.45, 2.75) is 38.8 Å². The van der Waals surface area contributed by atoms with E-state index in [-0.39, 0.29) is 0 Å². The fourth-order valence-electron chi connectivity index (χ4n) is 3.16. The van der Waals surface area contributed by atoms with Crippen molar-refractivity contribution in [3.8, 4) is 0 Å². The molecule has 2 saturated heterocycles. The van der Waals surface area contributed by atoms with Crippen LogP contribution in [0, 0.1) is 5.41 Å². The van der Waals surface area contributed by atoms with Crippen molar-refractivity contribution >= 4 is 0 Å². The number of hydrogen-bond donors (Lipinski definition) is 0. The van der Waals surface area contributed by atoms with Gasteiger partial charge in [-0.25, -0.2) is 4.39 Å². The number of rotatable bonds is 2. The molecule has 0 aliphatic carbocycles. The van der Waals surface area contributed by atoms with Gasteiger partial charge in [-0.2, -0.15) is 0 Å². The van der Waals surface area contributed by atoms with Crippen LogP contribution in [0.3, 0.4) is 0 Å². The molecule has 1 spiro atoms. The Morgan fingerprint density at radius 2 is 1.56 bits per heavy atom. The van der Waals surface area contributed by atoms with E-state index in [1.165, 1.54) is 38.8 Å². The summed E-state index contributed by atoms with van der Waals surface area (Å²) >= 11 is 0. The summed E-state index contributed by atoms with van der Waals surface area (Å²) in [6.07, 6.45) is 4.60. The lowest BCUT2D eigenvalue weighted by atomic mass is 9.71. The van der Waals surface area contributed by atoms with E-state index in [2.05, 4.69) is 16.8 Å². The molecule has 0 bridgehead atoms. The van der Waals surface area contributed by atoms with Crippen LogP contribution in [0.5, 0.6) is 0 Å². The van der Waals surface area contributed by atoms with Gasteiger partial charge in [-0.15, -0.1) is 0 Å². The van der Waals surface area contributed by atoms with Crippen LogP contribution in [0.1, 0.15) is 32.6 Å². The van der Waals surface area contributed by atoms with Crippen LogP contribution in [0.15, 0.2) is 0 Å². The molecular formula is C13H25FN2. The summed E-state index contributed by atoms with van der Waals surface area (Å²) in [5, 5.41) is 0. The van der Waals surface area contributed by atoms with E-state index < -0.39 is 6.17 Å². The van der Waals surface area contributed by atoms with Crippen molar-refractivity contribution in [1.29, 1.82) is 0 Å². The fourth-order valence-corrected chi connectivity index (χ4v) is 3.16. The molecule has 0 aromatic heterocycles. The van der Waals surface area contributed by atoms with Gasteiger partial charge in [-0.05, 0) is 71.2 Å². The minimum atomic E-state index is -0.675. The van der Waals surface area contributed by atoms with Crippen molar-refractivity contribution in [3.05, 3.63) is 0 Å². The Labute approximate surface area is 98.8 Å². The van der Waals surface area contributed by atoms with E-state index in [9.17, 15) is 4.39 Å². The zero-order valence-electron chi connectivity index (χ0n) is 10.7. The summed E-state index contributed by atoms with van der Waals surface area (Å²) in [7, 11) is 2.22. The monoisotopic (exact) mass is 228 g/mol. The first kappa shape index (κ1) is 12.3. The standard InChI is InChI=1S/C13H25FN2/c1-12(14)11-16-9-5-13(6-10-16)3-7-15(2)8-4-13/h12H,3-11H2,1-2H3. The van der Waals surface area contributed by atoms with E-state index in [0.717, 1.165) is 13.1 Å². The number of alkyl halides is 1. The highest BCUT2D eigenvalue weighted by atomic mass is 19.1. The summed E-state index contributed by atoms with van der Waals surface area (Å²) in [5.41, 5.74) is 0.600. The van der Waals surface area contributed by atoms with Gasteiger partial charge in [0.2, 0.25) is 0 Å². The van der Waals surface area contributed by atoms with Crippen LogP contribution in [0.25, 0.3) is 0 Å². The smallest absolute Gasteiger partial charge is 0.110 e. The lowest BCUT2D eigenvalue weighted by Gasteiger charge is -2.46. The van der Waals surface area contributed by atoms with Crippen LogP contribution >= 0.6 is 0 Å². The first-order chi connectivity index (χ1) is 7.60. The molecule has 3 heteroatoms. The molecule has 2 nitrogen and oxygen atoms in total. The highest BCUT2D eigenvalue weighted by Crippen LogP contribution is 2.40. The number of likely N-dealkylation sites (tertiary alicyclic amines) is 2. The molecule has 1 unspecified atom stereocenters. The van der Waals surface area contributed by atoms with Crippen LogP contribution in [0.4, 0.5) is 4.39 Å². The van der Waals surface area contributed by atoms with E-state index in [1.807, 2.05) is 0 Å². The predicted molar refractivity (Wildman–Crippen MR) is 65.4 cm³/mol.